The second kappa shape index (κ2) is 2.88. The first kappa shape index (κ1) is 7.35. The number of aryl methyl sites for hydroxylation is 1. The molecule has 0 unspecified atom stereocenters. The lowest BCUT2D eigenvalue weighted by atomic mass is 10.2. The highest BCUT2D eigenvalue weighted by Crippen LogP contribution is 2.04. The van der Waals surface area contributed by atoms with Crippen LogP contribution < -0.4 is 5.56 Å². The van der Waals surface area contributed by atoms with Crippen molar-refractivity contribution in [1.29, 1.82) is 0 Å². The zero-order valence-electron chi connectivity index (χ0n) is 5.65. The van der Waals surface area contributed by atoms with E-state index < -0.39 is 0 Å². The van der Waals surface area contributed by atoms with Crippen LogP contribution in [0.5, 0.6) is 0 Å². The van der Waals surface area contributed by atoms with Gasteiger partial charge in [-0.25, -0.2) is 0 Å². The summed E-state index contributed by atoms with van der Waals surface area (Å²) < 4.78 is 0. The number of hydrogen-bond acceptors (Lipinski definition) is 1. The topological polar surface area (TPSA) is 32.9 Å². The number of hydrogen-bond donors (Lipinski definition) is 1. The summed E-state index contributed by atoms with van der Waals surface area (Å²) in [6.45, 7) is 1.87. The Morgan fingerprint density at radius 2 is 2.40 bits per heavy atom. The Hall–Kier alpha value is -0.760. The number of rotatable bonds is 1. The molecule has 10 heavy (non-hydrogen) atoms. The second-order valence-electron chi connectivity index (χ2n) is 2.14. The van der Waals surface area contributed by atoms with E-state index in [-0.39, 0.29) is 5.56 Å². The minimum absolute atomic E-state index is 0.0774. The van der Waals surface area contributed by atoms with Crippen molar-refractivity contribution >= 4 is 11.6 Å². The lowest BCUT2D eigenvalue weighted by Gasteiger charge is -1.97. The van der Waals surface area contributed by atoms with Gasteiger partial charge in [-0.15, -0.1) is 11.6 Å². The zero-order valence-corrected chi connectivity index (χ0v) is 6.40. The average molecular weight is 158 g/mol. The van der Waals surface area contributed by atoms with Gasteiger partial charge < -0.3 is 4.98 Å². The molecule has 0 radical (unpaired) electrons. The highest BCUT2D eigenvalue weighted by Gasteiger charge is 1.94. The van der Waals surface area contributed by atoms with Crippen molar-refractivity contribution in [2.24, 2.45) is 0 Å². The predicted octanol–water partition coefficient (Wildman–Crippen LogP) is 1.42. The van der Waals surface area contributed by atoms with Crippen molar-refractivity contribution < 1.29 is 0 Å². The third-order valence-corrected chi connectivity index (χ3v) is 1.67. The number of H-pyrrole nitrogens is 1. The maximum Gasteiger partial charge on any atom is 0.248 e. The summed E-state index contributed by atoms with van der Waals surface area (Å²) in [6.07, 6.45) is 1.64. The molecule has 3 heteroatoms. The molecule has 0 aromatic carbocycles. The number of pyridine rings is 1. The fourth-order valence-corrected chi connectivity index (χ4v) is 1.03. The van der Waals surface area contributed by atoms with E-state index in [9.17, 15) is 4.79 Å². The second-order valence-corrected chi connectivity index (χ2v) is 2.41. The highest BCUT2D eigenvalue weighted by molar-refractivity contribution is 6.17. The van der Waals surface area contributed by atoms with Gasteiger partial charge in [-0.05, 0) is 18.1 Å². The van der Waals surface area contributed by atoms with Gasteiger partial charge in [-0.2, -0.15) is 0 Å². The van der Waals surface area contributed by atoms with Crippen molar-refractivity contribution in [2.45, 2.75) is 12.8 Å². The van der Waals surface area contributed by atoms with E-state index in [0.29, 0.717) is 5.88 Å². The SMILES string of the molecule is Cc1cc(=O)[nH]cc1CCl. The maximum absolute atomic E-state index is 10.7. The molecule has 0 saturated heterocycles. The zero-order chi connectivity index (χ0) is 7.56. The fraction of sp³-hybridized carbons (Fsp3) is 0.286. The molecule has 1 aromatic heterocycles. The van der Waals surface area contributed by atoms with Crippen molar-refractivity contribution in [1.82, 2.24) is 4.98 Å². The molecular weight excluding hydrogens is 150 g/mol. The molecule has 0 saturated carbocycles. The van der Waals surface area contributed by atoms with E-state index in [4.69, 9.17) is 11.6 Å². The number of halogens is 1. The molecule has 1 rings (SSSR count). The monoisotopic (exact) mass is 157 g/mol. The van der Waals surface area contributed by atoms with Gasteiger partial charge >= 0.3 is 0 Å². The van der Waals surface area contributed by atoms with Crippen LogP contribution in [-0.4, -0.2) is 4.98 Å². The van der Waals surface area contributed by atoms with Crippen LogP contribution in [0.3, 0.4) is 0 Å². The summed E-state index contributed by atoms with van der Waals surface area (Å²) in [5.41, 5.74) is 1.84. The molecule has 0 atom stereocenters. The summed E-state index contributed by atoms with van der Waals surface area (Å²) in [5, 5.41) is 0. The molecule has 1 heterocycles. The third-order valence-electron chi connectivity index (χ3n) is 1.39. The van der Waals surface area contributed by atoms with Crippen LogP contribution in [0.25, 0.3) is 0 Å². The van der Waals surface area contributed by atoms with Crippen LogP contribution in [0.2, 0.25) is 0 Å². The van der Waals surface area contributed by atoms with Gasteiger partial charge in [0.2, 0.25) is 5.56 Å². The van der Waals surface area contributed by atoms with Crippen LogP contribution in [-0.2, 0) is 5.88 Å². The average Bonchev–Trinajstić information content (AvgIpc) is 1.88. The summed E-state index contributed by atoms with van der Waals surface area (Å²) in [6, 6.07) is 1.54. The van der Waals surface area contributed by atoms with Crippen LogP contribution in [0.4, 0.5) is 0 Å². The van der Waals surface area contributed by atoms with Crippen LogP contribution in [0.15, 0.2) is 17.1 Å². The van der Waals surface area contributed by atoms with Gasteiger partial charge in [0.15, 0.2) is 0 Å². The molecule has 0 amide bonds. The Labute approximate surface area is 63.8 Å². The molecule has 1 aromatic rings. The van der Waals surface area contributed by atoms with E-state index in [1.54, 1.807) is 6.20 Å². The molecule has 2 nitrogen and oxygen atoms in total. The number of aromatic nitrogens is 1. The van der Waals surface area contributed by atoms with Gasteiger partial charge in [-0.3, -0.25) is 4.79 Å². The van der Waals surface area contributed by atoms with Gasteiger partial charge in [-0.1, -0.05) is 0 Å². The summed E-state index contributed by atoms with van der Waals surface area (Å²) in [4.78, 5) is 13.2. The molecular formula is C7H8ClNO. The third kappa shape index (κ3) is 1.39. The first-order valence-corrected chi connectivity index (χ1v) is 3.51. The molecule has 0 bridgehead atoms. The van der Waals surface area contributed by atoms with E-state index in [1.807, 2.05) is 6.92 Å². The number of aromatic amines is 1. The lowest BCUT2D eigenvalue weighted by Crippen LogP contribution is -2.05. The Morgan fingerprint density at radius 3 is 2.90 bits per heavy atom. The highest BCUT2D eigenvalue weighted by atomic mass is 35.5. The maximum atomic E-state index is 10.7. The quantitative estimate of drug-likeness (QED) is 0.615. The summed E-state index contributed by atoms with van der Waals surface area (Å²) in [5.74, 6) is 0.447. The van der Waals surface area contributed by atoms with Gasteiger partial charge in [0.25, 0.3) is 0 Å². The normalized spacial score (nSPS) is 9.80. The van der Waals surface area contributed by atoms with Gasteiger partial charge in [0.05, 0.1) is 0 Å². The number of nitrogens with one attached hydrogen (secondary N) is 1. The Morgan fingerprint density at radius 1 is 1.70 bits per heavy atom. The molecule has 0 spiro atoms. The minimum atomic E-state index is -0.0774. The number of alkyl halides is 1. The summed E-state index contributed by atoms with van der Waals surface area (Å²) >= 11 is 5.56. The fourth-order valence-electron chi connectivity index (χ4n) is 0.747. The molecule has 0 fully saturated rings. The Balaban J connectivity index is 3.19. The first-order chi connectivity index (χ1) is 4.74. The molecule has 0 aliphatic rings. The van der Waals surface area contributed by atoms with Gasteiger partial charge in [0.1, 0.15) is 0 Å². The largest absolute Gasteiger partial charge is 0.329 e. The molecule has 0 aliphatic carbocycles. The van der Waals surface area contributed by atoms with Crippen LogP contribution >= 0.6 is 11.6 Å². The smallest absolute Gasteiger partial charge is 0.248 e. The standard InChI is InChI=1S/C7H8ClNO/c1-5-2-7(10)9-4-6(5)3-8/h2,4H,3H2,1H3,(H,9,10). The Bertz CT molecular complexity index is 279. The minimum Gasteiger partial charge on any atom is -0.329 e. The van der Waals surface area contributed by atoms with Crippen molar-refractivity contribution in [2.75, 3.05) is 0 Å². The van der Waals surface area contributed by atoms with E-state index in [1.165, 1.54) is 6.07 Å². The van der Waals surface area contributed by atoms with E-state index in [0.717, 1.165) is 11.1 Å². The molecule has 0 aliphatic heterocycles. The van der Waals surface area contributed by atoms with Crippen molar-refractivity contribution in [3.63, 3.8) is 0 Å². The Kier molecular flexibility index (Phi) is 2.12. The lowest BCUT2D eigenvalue weighted by molar-refractivity contribution is 1.15. The van der Waals surface area contributed by atoms with E-state index >= 15 is 0 Å². The molecule has 1 N–H and O–H groups in total. The first-order valence-electron chi connectivity index (χ1n) is 2.98. The molecule has 54 valence electrons. The van der Waals surface area contributed by atoms with E-state index in [2.05, 4.69) is 4.98 Å². The van der Waals surface area contributed by atoms with Crippen molar-refractivity contribution in [3.8, 4) is 0 Å². The summed E-state index contributed by atoms with van der Waals surface area (Å²) in [7, 11) is 0. The predicted molar refractivity (Wildman–Crippen MR) is 41.4 cm³/mol. The van der Waals surface area contributed by atoms with Crippen LogP contribution in [0, 0.1) is 6.92 Å². The van der Waals surface area contributed by atoms with Gasteiger partial charge in [0, 0.05) is 18.1 Å². The van der Waals surface area contributed by atoms with Crippen LogP contribution in [0.1, 0.15) is 11.1 Å². The van der Waals surface area contributed by atoms with Crippen molar-refractivity contribution in [3.05, 3.63) is 33.7 Å².